The number of hydrogen-bond acceptors (Lipinski definition) is 2. The summed E-state index contributed by atoms with van der Waals surface area (Å²) in [5.41, 5.74) is 0.764. The predicted octanol–water partition coefficient (Wildman–Crippen LogP) is 2.45. The summed E-state index contributed by atoms with van der Waals surface area (Å²) < 4.78 is 2.02. The normalized spacial score (nSPS) is 20.0. The Labute approximate surface area is 115 Å². The van der Waals surface area contributed by atoms with Crippen LogP contribution in [0.3, 0.4) is 0 Å². The number of piperidine rings is 1. The first-order valence-electron chi connectivity index (χ1n) is 7.23. The number of aromatic nitrogens is 1. The fraction of sp³-hybridized carbons (Fsp3) is 0.667. The zero-order chi connectivity index (χ0) is 13.8. The molecule has 1 aliphatic rings. The van der Waals surface area contributed by atoms with Crippen LogP contribution in [0, 0.1) is 0 Å². The van der Waals surface area contributed by atoms with Gasteiger partial charge in [0.1, 0.15) is 5.69 Å². The summed E-state index contributed by atoms with van der Waals surface area (Å²) in [6.45, 7) is 5.13. The van der Waals surface area contributed by atoms with Crippen molar-refractivity contribution in [2.24, 2.45) is 0 Å². The van der Waals surface area contributed by atoms with Gasteiger partial charge in [0.25, 0.3) is 5.91 Å². The minimum Gasteiger partial charge on any atom is -0.396 e. The van der Waals surface area contributed by atoms with Crippen molar-refractivity contribution in [2.45, 2.75) is 51.6 Å². The highest BCUT2D eigenvalue weighted by Gasteiger charge is 2.28. The van der Waals surface area contributed by atoms with Gasteiger partial charge in [-0.1, -0.05) is 0 Å². The van der Waals surface area contributed by atoms with Crippen LogP contribution in [0.5, 0.6) is 0 Å². The summed E-state index contributed by atoms with van der Waals surface area (Å²) >= 11 is 0. The Hall–Kier alpha value is -1.29. The molecule has 1 aromatic heterocycles. The van der Waals surface area contributed by atoms with E-state index in [1.165, 1.54) is 0 Å². The van der Waals surface area contributed by atoms with E-state index in [-0.39, 0.29) is 24.6 Å². The minimum atomic E-state index is 0.108. The number of carbonyl (C=O) groups is 1. The summed E-state index contributed by atoms with van der Waals surface area (Å²) in [5.74, 6) is 0.108. The fourth-order valence-electron chi connectivity index (χ4n) is 2.89. The second-order valence-corrected chi connectivity index (χ2v) is 5.55. The van der Waals surface area contributed by atoms with Crippen LogP contribution in [-0.2, 0) is 0 Å². The molecule has 4 heteroatoms. The Balaban J connectivity index is 2.19. The van der Waals surface area contributed by atoms with Gasteiger partial charge in [0.05, 0.1) is 0 Å². The Morgan fingerprint density at radius 1 is 1.47 bits per heavy atom. The van der Waals surface area contributed by atoms with E-state index in [2.05, 4.69) is 13.8 Å². The van der Waals surface area contributed by atoms with Crippen LogP contribution >= 0.6 is 0 Å². The van der Waals surface area contributed by atoms with Crippen molar-refractivity contribution in [3.05, 3.63) is 24.0 Å². The molecule has 2 rings (SSSR count). The molecule has 1 unspecified atom stereocenters. The number of aliphatic hydroxyl groups is 1. The van der Waals surface area contributed by atoms with E-state index in [0.717, 1.165) is 31.5 Å². The van der Waals surface area contributed by atoms with Gasteiger partial charge in [-0.25, -0.2) is 0 Å². The van der Waals surface area contributed by atoms with E-state index >= 15 is 0 Å². The lowest BCUT2D eigenvalue weighted by Crippen LogP contribution is -2.44. The predicted molar refractivity (Wildman–Crippen MR) is 75.2 cm³/mol. The molecule has 2 heterocycles. The number of aliphatic hydroxyl groups excluding tert-OH is 1. The maximum Gasteiger partial charge on any atom is 0.270 e. The van der Waals surface area contributed by atoms with Crippen molar-refractivity contribution in [2.75, 3.05) is 13.2 Å². The Bertz CT molecular complexity index is 424. The highest BCUT2D eigenvalue weighted by molar-refractivity contribution is 5.93. The van der Waals surface area contributed by atoms with Crippen LogP contribution in [0.15, 0.2) is 18.3 Å². The van der Waals surface area contributed by atoms with Gasteiger partial charge < -0.3 is 14.6 Å². The second kappa shape index (κ2) is 6.24. The molecule has 0 spiro atoms. The highest BCUT2D eigenvalue weighted by Crippen LogP contribution is 2.23. The molecule has 1 aromatic rings. The number of likely N-dealkylation sites (tertiary alicyclic amines) is 1. The van der Waals surface area contributed by atoms with Crippen LogP contribution < -0.4 is 0 Å². The number of rotatable bonds is 4. The third-order valence-electron chi connectivity index (χ3n) is 3.90. The molecule has 0 radical (unpaired) electrons. The molecule has 1 amide bonds. The minimum absolute atomic E-state index is 0.108. The van der Waals surface area contributed by atoms with E-state index in [1.807, 2.05) is 27.8 Å². The molecule has 0 aromatic carbocycles. The SMILES string of the molecule is CC(C)n1cccc1C(=O)N1CCCCC1CCO. The number of amides is 1. The first-order valence-corrected chi connectivity index (χ1v) is 7.23. The maximum atomic E-state index is 12.7. The molecule has 4 nitrogen and oxygen atoms in total. The van der Waals surface area contributed by atoms with Gasteiger partial charge in [-0.05, 0) is 51.7 Å². The van der Waals surface area contributed by atoms with Gasteiger partial charge in [-0.15, -0.1) is 0 Å². The van der Waals surface area contributed by atoms with Crippen molar-refractivity contribution in [3.63, 3.8) is 0 Å². The Kier molecular flexibility index (Phi) is 4.64. The van der Waals surface area contributed by atoms with Gasteiger partial charge in [0.2, 0.25) is 0 Å². The first-order chi connectivity index (χ1) is 9.15. The number of carbonyl (C=O) groups excluding carboxylic acids is 1. The van der Waals surface area contributed by atoms with Crippen molar-refractivity contribution < 1.29 is 9.90 Å². The van der Waals surface area contributed by atoms with Crippen molar-refractivity contribution in [3.8, 4) is 0 Å². The maximum absolute atomic E-state index is 12.7. The van der Waals surface area contributed by atoms with Crippen LogP contribution in [0.2, 0.25) is 0 Å². The molecule has 19 heavy (non-hydrogen) atoms. The van der Waals surface area contributed by atoms with Gasteiger partial charge in [-0.3, -0.25) is 4.79 Å². The zero-order valence-corrected chi connectivity index (χ0v) is 11.9. The van der Waals surface area contributed by atoms with Gasteiger partial charge in [0, 0.05) is 31.4 Å². The number of nitrogens with zero attached hydrogens (tertiary/aromatic N) is 2. The smallest absolute Gasteiger partial charge is 0.270 e. The Morgan fingerprint density at radius 2 is 2.26 bits per heavy atom. The third-order valence-corrected chi connectivity index (χ3v) is 3.90. The fourth-order valence-corrected chi connectivity index (χ4v) is 2.89. The van der Waals surface area contributed by atoms with Gasteiger partial charge in [0.15, 0.2) is 0 Å². The quantitative estimate of drug-likeness (QED) is 0.908. The van der Waals surface area contributed by atoms with Gasteiger partial charge in [-0.2, -0.15) is 0 Å². The molecule has 1 atom stereocenters. The Morgan fingerprint density at radius 3 is 2.95 bits per heavy atom. The average Bonchev–Trinajstić information content (AvgIpc) is 2.88. The summed E-state index contributed by atoms with van der Waals surface area (Å²) in [5, 5.41) is 9.15. The van der Waals surface area contributed by atoms with Crippen molar-refractivity contribution >= 4 is 5.91 Å². The third kappa shape index (κ3) is 3.00. The molecule has 0 aliphatic carbocycles. The monoisotopic (exact) mass is 264 g/mol. The largest absolute Gasteiger partial charge is 0.396 e. The molecule has 106 valence electrons. The van der Waals surface area contributed by atoms with Crippen LogP contribution in [-0.4, -0.2) is 39.7 Å². The van der Waals surface area contributed by atoms with Gasteiger partial charge >= 0.3 is 0 Å². The standard InChI is InChI=1S/C15H24N2O2/c1-12(2)16-10-5-7-14(16)15(19)17-9-4-3-6-13(17)8-11-18/h5,7,10,12-13,18H,3-4,6,8-9,11H2,1-2H3. The van der Waals surface area contributed by atoms with E-state index in [1.54, 1.807) is 0 Å². The van der Waals surface area contributed by atoms with E-state index in [4.69, 9.17) is 5.11 Å². The molecule has 1 saturated heterocycles. The highest BCUT2D eigenvalue weighted by atomic mass is 16.3. The lowest BCUT2D eigenvalue weighted by Gasteiger charge is -2.36. The zero-order valence-electron chi connectivity index (χ0n) is 11.9. The molecular weight excluding hydrogens is 240 g/mol. The average molecular weight is 264 g/mol. The van der Waals surface area contributed by atoms with Crippen LogP contribution in [0.4, 0.5) is 0 Å². The summed E-state index contributed by atoms with van der Waals surface area (Å²) in [7, 11) is 0. The molecular formula is C15H24N2O2. The van der Waals surface area contributed by atoms with E-state index in [0.29, 0.717) is 6.42 Å². The molecule has 0 saturated carbocycles. The molecule has 1 fully saturated rings. The summed E-state index contributed by atoms with van der Waals surface area (Å²) in [6.07, 6.45) is 5.88. The van der Waals surface area contributed by atoms with E-state index in [9.17, 15) is 4.79 Å². The second-order valence-electron chi connectivity index (χ2n) is 5.55. The molecule has 1 aliphatic heterocycles. The molecule has 0 bridgehead atoms. The topological polar surface area (TPSA) is 45.5 Å². The lowest BCUT2D eigenvalue weighted by atomic mass is 9.99. The van der Waals surface area contributed by atoms with Crippen molar-refractivity contribution in [1.29, 1.82) is 0 Å². The first kappa shape index (κ1) is 14.1. The lowest BCUT2D eigenvalue weighted by molar-refractivity contribution is 0.0562. The van der Waals surface area contributed by atoms with Crippen LogP contribution in [0.25, 0.3) is 0 Å². The van der Waals surface area contributed by atoms with Crippen molar-refractivity contribution in [1.82, 2.24) is 9.47 Å². The number of hydrogen-bond donors (Lipinski definition) is 1. The summed E-state index contributed by atoms with van der Waals surface area (Å²) in [6, 6.07) is 4.31. The summed E-state index contributed by atoms with van der Waals surface area (Å²) in [4.78, 5) is 14.6. The van der Waals surface area contributed by atoms with Crippen LogP contribution in [0.1, 0.15) is 56.1 Å². The molecule has 1 N–H and O–H groups in total. The van der Waals surface area contributed by atoms with E-state index < -0.39 is 0 Å².